The van der Waals surface area contributed by atoms with Crippen LogP contribution in [0.2, 0.25) is 0 Å². The minimum atomic E-state index is 0.285. The molecular weight excluding hydrogens is 657 g/mol. The smallest absolute Gasteiger partial charge is 0.0535 e. The molecule has 2 atom stereocenters. The molecule has 0 bridgehead atoms. The van der Waals surface area contributed by atoms with Crippen molar-refractivity contribution in [2.75, 3.05) is 27.2 Å². The lowest BCUT2D eigenvalue weighted by Crippen LogP contribution is -2.31. The van der Waals surface area contributed by atoms with Crippen LogP contribution in [0.5, 0.6) is 0 Å². The lowest BCUT2D eigenvalue weighted by Gasteiger charge is -2.33. The van der Waals surface area contributed by atoms with Gasteiger partial charge in [0, 0.05) is 58.7 Å². The summed E-state index contributed by atoms with van der Waals surface area (Å²) in [6.07, 6.45) is 2.10. The predicted molar refractivity (Wildman–Crippen MR) is 226 cm³/mol. The second-order valence-electron chi connectivity index (χ2n) is 15.5. The third-order valence-corrected chi connectivity index (χ3v) is 12.5. The van der Waals surface area contributed by atoms with E-state index in [9.17, 15) is 0 Å². The zero-order chi connectivity index (χ0) is 36.5. The number of hydrogen-bond acceptors (Lipinski definition) is 2. The highest BCUT2D eigenvalue weighted by Gasteiger charge is 2.31. The molecule has 10 rings (SSSR count). The van der Waals surface area contributed by atoms with Crippen LogP contribution in [0.1, 0.15) is 48.4 Å². The highest BCUT2D eigenvalue weighted by molar-refractivity contribution is 5.91. The molecule has 4 heteroatoms. The van der Waals surface area contributed by atoms with Gasteiger partial charge in [0.2, 0.25) is 0 Å². The fraction of sp³-hybridized carbons (Fsp3) is 0.200. The highest BCUT2D eigenvalue weighted by atomic mass is 15.2. The molecule has 6 aromatic carbocycles. The van der Waals surface area contributed by atoms with E-state index in [1.54, 1.807) is 0 Å². The molecule has 4 heterocycles. The predicted octanol–water partition coefficient (Wildman–Crippen LogP) is 11.7. The molecule has 0 fully saturated rings. The van der Waals surface area contributed by atoms with Gasteiger partial charge in [0.25, 0.3) is 0 Å². The van der Waals surface area contributed by atoms with Crippen LogP contribution in [0.3, 0.4) is 0 Å². The van der Waals surface area contributed by atoms with Crippen LogP contribution in [-0.2, 0) is 12.8 Å². The molecule has 0 N–H and O–H groups in total. The van der Waals surface area contributed by atoms with Crippen molar-refractivity contribution < 1.29 is 0 Å². The molecule has 2 unspecified atom stereocenters. The van der Waals surface area contributed by atoms with Gasteiger partial charge in [-0.25, -0.2) is 0 Å². The average Bonchev–Trinajstić information content (AvgIpc) is 3.75. The van der Waals surface area contributed by atoms with Crippen LogP contribution in [-0.4, -0.2) is 46.1 Å². The SMILES string of the molecule is CC1c2c(c3ccccc3n2-c2cc(-c3cc(-c4ccccc4)cc(-c4ccccc4)c3)cc(-n3c4c(c5ccccc53)CCN(C)C4C)c2)CCN1C. The maximum Gasteiger partial charge on any atom is 0.0535 e. The molecular formula is C50H46N4. The number of rotatable bonds is 5. The highest BCUT2D eigenvalue weighted by Crippen LogP contribution is 2.43. The molecule has 0 radical (unpaired) electrons. The molecule has 4 nitrogen and oxygen atoms in total. The van der Waals surface area contributed by atoms with Crippen LogP contribution in [0, 0.1) is 0 Å². The molecule has 0 amide bonds. The van der Waals surface area contributed by atoms with Crippen molar-refractivity contribution >= 4 is 21.8 Å². The second kappa shape index (κ2) is 13.0. The Kier molecular flexibility index (Phi) is 7.94. The zero-order valence-corrected chi connectivity index (χ0v) is 31.6. The van der Waals surface area contributed by atoms with Crippen LogP contribution in [0.15, 0.2) is 146 Å². The zero-order valence-electron chi connectivity index (χ0n) is 31.6. The van der Waals surface area contributed by atoms with E-state index < -0.39 is 0 Å². The van der Waals surface area contributed by atoms with Crippen molar-refractivity contribution in [3.05, 3.63) is 168 Å². The molecule has 2 aliphatic heterocycles. The Morgan fingerprint density at radius 1 is 0.407 bits per heavy atom. The molecule has 0 saturated carbocycles. The van der Waals surface area contributed by atoms with Crippen LogP contribution in [0.4, 0.5) is 0 Å². The summed E-state index contributed by atoms with van der Waals surface area (Å²) in [6, 6.07) is 54.8. The average molecular weight is 703 g/mol. The first-order valence-electron chi connectivity index (χ1n) is 19.5. The Balaban J connectivity index is 1.30. The summed E-state index contributed by atoms with van der Waals surface area (Å²) in [5.74, 6) is 0. The van der Waals surface area contributed by atoms with Crippen LogP contribution < -0.4 is 0 Å². The first-order valence-corrected chi connectivity index (χ1v) is 19.5. The summed E-state index contributed by atoms with van der Waals surface area (Å²) >= 11 is 0. The molecule has 0 saturated heterocycles. The summed E-state index contributed by atoms with van der Waals surface area (Å²) in [7, 11) is 4.54. The van der Waals surface area contributed by atoms with Crippen molar-refractivity contribution in [1.29, 1.82) is 0 Å². The van der Waals surface area contributed by atoms with E-state index in [0.717, 1.165) is 25.9 Å². The number of benzene rings is 6. The normalized spacial score (nSPS) is 17.6. The summed E-state index contributed by atoms with van der Waals surface area (Å²) in [6.45, 7) is 6.88. The van der Waals surface area contributed by atoms with Crippen LogP contribution >= 0.6 is 0 Å². The standard InChI is InChI=1S/C50H46N4/c1-33-49-45(23-25-51(33)3)43-19-11-13-21-47(43)53(49)41-30-40(39-28-37(35-15-7-5-8-16-35)27-38(29-39)36-17-9-6-10-18-36)31-42(32-41)54-48-22-14-12-20-44(48)46-24-26-52(4)34(2)50(46)54/h5-22,27-34H,23-26H2,1-4H3. The Labute approximate surface area is 318 Å². The molecule has 266 valence electrons. The van der Waals surface area contributed by atoms with Gasteiger partial charge in [-0.3, -0.25) is 9.80 Å². The second-order valence-corrected chi connectivity index (χ2v) is 15.5. The summed E-state index contributed by atoms with van der Waals surface area (Å²) < 4.78 is 5.18. The lowest BCUT2D eigenvalue weighted by atomic mass is 9.93. The molecule has 0 spiro atoms. The summed E-state index contributed by atoms with van der Waals surface area (Å²) in [5.41, 5.74) is 18.1. The van der Waals surface area contributed by atoms with E-state index >= 15 is 0 Å². The fourth-order valence-corrected chi connectivity index (χ4v) is 9.40. The van der Waals surface area contributed by atoms with E-state index in [4.69, 9.17) is 0 Å². The van der Waals surface area contributed by atoms with Gasteiger partial charge in [0.1, 0.15) is 0 Å². The van der Waals surface area contributed by atoms with Crippen molar-refractivity contribution in [3.8, 4) is 44.8 Å². The molecule has 0 aliphatic carbocycles. The Hall–Kier alpha value is -5.68. The summed E-state index contributed by atoms with van der Waals surface area (Å²) in [4.78, 5) is 5.01. The first-order chi connectivity index (χ1) is 26.4. The van der Waals surface area contributed by atoms with Gasteiger partial charge in [0.15, 0.2) is 0 Å². The van der Waals surface area contributed by atoms with Crippen molar-refractivity contribution in [3.63, 3.8) is 0 Å². The number of nitrogens with zero attached hydrogens (tertiary/aromatic N) is 4. The third kappa shape index (κ3) is 5.27. The van der Waals surface area contributed by atoms with E-state index in [-0.39, 0.29) is 12.1 Å². The summed E-state index contributed by atoms with van der Waals surface area (Å²) in [5, 5.41) is 2.74. The first kappa shape index (κ1) is 32.9. The maximum absolute atomic E-state index is 2.59. The van der Waals surface area contributed by atoms with Gasteiger partial charge in [-0.05, 0) is 134 Å². The van der Waals surface area contributed by atoms with E-state index in [2.05, 4.69) is 192 Å². The molecule has 2 aromatic heterocycles. The number of hydrogen-bond donors (Lipinski definition) is 0. The van der Waals surface area contributed by atoms with E-state index in [0.29, 0.717) is 0 Å². The van der Waals surface area contributed by atoms with Gasteiger partial charge in [-0.1, -0.05) is 97.1 Å². The van der Waals surface area contributed by atoms with Crippen molar-refractivity contribution in [2.24, 2.45) is 0 Å². The number of para-hydroxylation sites is 2. The Morgan fingerprint density at radius 3 is 1.22 bits per heavy atom. The minimum Gasteiger partial charge on any atom is -0.312 e. The molecule has 54 heavy (non-hydrogen) atoms. The Morgan fingerprint density at radius 2 is 0.778 bits per heavy atom. The lowest BCUT2D eigenvalue weighted by molar-refractivity contribution is 0.241. The Bertz CT molecular complexity index is 2500. The van der Waals surface area contributed by atoms with Gasteiger partial charge >= 0.3 is 0 Å². The van der Waals surface area contributed by atoms with Crippen LogP contribution in [0.25, 0.3) is 66.6 Å². The van der Waals surface area contributed by atoms with Gasteiger partial charge in [-0.2, -0.15) is 0 Å². The monoisotopic (exact) mass is 702 g/mol. The third-order valence-electron chi connectivity index (χ3n) is 12.5. The van der Waals surface area contributed by atoms with Gasteiger partial charge in [-0.15, -0.1) is 0 Å². The van der Waals surface area contributed by atoms with Crippen molar-refractivity contribution in [1.82, 2.24) is 18.9 Å². The minimum absolute atomic E-state index is 0.285. The van der Waals surface area contributed by atoms with E-state index in [1.807, 2.05) is 0 Å². The fourth-order valence-electron chi connectivity index (χ4n) is 9.40. The van der Waals surface area contributed by atoms with Gasteiger partial charge < -0.3 is 9.13 Å². The topological polar surface area (TPSA) is 16.3 Å². The quantitative estimate of drug-likeness (QED) is 0.178. The molecule has 2 aliphatic rings. The number of fused-ring (bicyclic) bond motifs is 6. The van der Waals surface area contributed by atoms with Gasteiger partial charge in [0.05, 0.1) is 11.0 Å². The number of aromatic nitrogens is 2. The van der Waals surface area contributed by atoms with E-state index in [1.165, 1.54) is 89.1 Å². The maximum atomic E-state index is 2.59. The largest absolute Gasteiger partial charge is 0.312 e. The molecule has 8 aromatic rings. The van der Waals surface area contributed by atoms with Crippen molar-refractivity contribution in [2.45, 2.75) is 38.8 Å². The number of likely N-dealkylation sites (N-methyl/N-ethyl adjacent to an activating group) is 2.